The van der Waals surface area contributed by atoms with E-state index in [0.717, 1.165) is 11.1 Å². The van der Waals surface area contributed by atoms with Gasteiger partial charge in [-0.3, -0.25) is 9.36 Å². The lowest BCUT2D eigenvalue weighted by Crippen LogP contribution is -2.49. The molecule has 1 aromatic carbocycles. The first-order chi connectivity index (χ1) is 16.3. The molecule has 1 aliphatic heterocycles. The molecule has 4 rings (SSSR count). The van der Waals surface area contributed by atoms with Crippen LogP contribution in [0, 0.1) is 6.92 Å². The van der Waals surface area contributed by atoms with Gasteiger partial charge in [0.25, 0.3) is 0 Å². The van der Waals surface area contributed by atoms with Gasteiger partial charge in [0, 0.05) is 26.6 Å². The van der Waals surface area contributed by atoms with Gasteiger partial charge >= 0.3 is 0 Å². The van der Waals surface area contributed by atoms with Gasteiger partial charge in [0.2, 0.25) is 5.91 Å². The molecule has 1 aliphatic rings. The van der Waals surface area contributed by atoms with E-state index in [0.29, 0.717) is 23.4 Å². The fraction of sp³-hybridized carbons (Fsp3) is 0.478. The van der Waals surface area contributed by atoms with Crippen LogP contribution < -0.4 is 16.0 Å². The van der Waals surface area contributed by atoms with Crippen LogP contribution in [0.2, 0.25) is 0 Å². The number of rotatable bonds is 8. The van der Waals surface area contributed by atoms with Crippen LogP contribution in [0.15, 0.2) is 36.9 Å². The highest BCUT2D eigenvalue weighted by molar-refractivity contribution is 5.83. The molecule has 0 aliphatic carbocycles. The molecule has 0 unspecified atom stereocenters. The number of nitrogens with two attached hydrogens (primary N) is 1. The molecule has 0 spiro atoms. The number of carbonyl (C=O) groups excluding carboxylic acids is 1. The molecular weight excluding hydrogens is 438 g/mol. The smallest absolute Gasteiger partial charge is 0.221 e. The summed E-state index contributed by atoms with van der Waals surface area (Å²) in [7, 11) is 3.69. The molecule has 34 heavy (non-hydrogen) atoms. The zero-order valence-electron chi connectivity index (χ0n) is 19.5. The van der Waals surface area contributed by atoms with Crippen molar-refractivity contribution in [1.82, 2.24) is 24.8 Å². The minimum atomic E-state index is -1.13. The van der Waals surface area contributed by atoms with Gasteiger partial charge < -0.3 is 30.9 Å². The molecule has 0 saturated carbocycles. The van der Waals surface area contributed by atoms with Crippen LogP contribution in [0.1, 0.15) is 23.8 Å². The molecule has 2 aromatic heterocycles. The summed E-state index contributed by atoms with van der Waals surface area (Å²) < 4.78 is 7.49. The Bertz CT molecular complexity index is 1130. The highest BCUT2D eigenvalue weighted by atomic mass is 16.5. The van der Waals surface area contributed by atoms with Crippen LogP contribution in [0.4, 0.5) is 5.82 Å². The minimum Gasteiger partial charge on any atom is -0.394 e. The zero-order chi connectivity index (χ0) is 24.4. The van der Waals surface area contributed by atoms with Gasteiger partial charge in [-0.1, -0.05) is 29.8 Å². The third-order valence-corrected chi connectivity index (χ3v) is 5.99. The molecule has 0 radical (unpaired) electrons. The Morgan fingerprint density at radius 3 is 2.68 bits per heavy atom. The quantitative estimate of drug-likeness (QED) is 0.354. The number of benzene rings is 1. The number of amides is 1. The highest BCUT2D eigenvalue weighted by Crippen LogP contribution is 2.32. The molecule has 1 fully saturated rings. The second-order valence-corrected chi connectivity index (χ2v) is 8.90. The molecule has 1 saturated heterocycles. The molecule has 11 nitrogen and oxygen atoms in total. The van der Waals surface area contributed by atoms with E-state index in [-0.39, 0.29) is 25.0 Å². The van der Waals surface area contributed by atoms with Crippen LogP contribution >= 0.6 is 0 Å². The summed E-state index contributed by atoms with van der Waals surface area (Å²) in [6.45, 7) is 1.64. The summed E-state index contributed by atoms with van der Waals surface area (Å²) in [5, 5.41) is 23.7. The van der Waals surface area contributed by atoms with E-state index in [4.69, 9.17) is 10.5 Å². The number of imidazole rings is 1. The van der Waals surface area contributed by atoms with Crippen molar-refractivity contribution >= 4 is 22.9 Å². The first-order valence-electron chi connectivity index (χ1n) is 11.2. The Morgan fingerprint density at radius 2 is 2.00 bits per heavy atom. The normalized spacial score (nSPS) is 23.2. The van der Waals surface area contributed by atoms with Crippen molar-refractivity contribution in [3.8, 4) is 0 Å². The minimum absolute atomic E-state index is 0.0767. The summed E-state index contributed by atoms with van der Waals surface area (Å²) >= 11 is 0. The maximum Gasteiger partial charge on any atom is 0.221 e. The Kier molecular flexibility index (Phi) is 7.08. The van der Waals surface area contributed by atoms with Crippen molar-refractivity contribution in [2.45, 2.75) is 50.3 Å². The van der Waals surface area contributed by atoms with Gasteiger partial charge in [-0.2, -0.15) is 0 Å². The van der Waals surface area contributed by atoms with Crippen LogP contribution in [0.3, 0.4) is 0 Å². The first-order valence-corrected chi connectivity index (χ1v) is 11.2. The van der Waals surface area contributed by atoms with Gasteiger partial charge in [-0.25, -0.2) is 15.0 Å². The third-order valence-electron chi connectivity index (χ3n) is 5.99. The number of aliphatic hydroxyl groups excluding tert-OH is 2. The predicted octanol–water partition coefficient (Wildman–Crippen LogP) is -0.104. The number of nitrogens with one attached hydrogen (secondary N) is 1. The summed E-state index contributed by atoms with van der Waals surface area (Å²) in [5.74, 6) is 0.307. The number of ether oxygens (including phenoxy) is 1. The topological polar surface area (TPSA) is 152 Å². The number of anilines is 1. The van der Waals surface area contributed by atoms with Crippen molar-refractivity contribution in [3.05, 3.63) is 48.0 Å². The molecule has 3 aromatic rings. The lowest BCUT2D eigenvalue weighted by atomic mass is 10.0. The molecule has 3 heterocycles. The van der Waals surface area contributed by atoms with Crippen molar-refractivity contribution in [2.75, 3.05) is 25.6 Å². The van der Waals surface area contributed by atoms with Crippen molar-refractivity contribution in [2.24, 2.45) is 5.73 Å². The summed E-state index contributed by atoms with van der Waals surface area (Å²) in [4.78, 5) is 27.4. The van der Waals surface area contributed by atoms with E-state index in [1.165, 1.54) is 12.7 Å². The summed E-state index contributed by atoms with van der Waals surface area (Å²) in [6.07, 6.45) is 0.727. The third kappa shape index (κ3) is 4.87. The van der Waals surface area contributed by atoms with Gasteiger partial charge in [-0.15, -0.1) is 0 Å². The predicted molar refractivity (Wildman–Crippen MR) is 126 cm³/mol. The second-order valence-electron chi connectivity index (χ2n) is 8.90. The standard InChI is InChI=1S/C23H31N7O4/c1-13-4-6-14(7-5-13)8-15(24)9-17(32)28-18-16(10-31)34-23(20(18)33)30-12-27-19-21(29(2)3)25-11-26-22(19)30/h4-7,11-12,15-16,18,20,23,31,33H,8-10,24H2,1-3H3,(H,28,32)/t15-,16+,18+,20+,23+/m0/s1. The number of hydrogen-bond acceptors (Lipinski definition) is 9. The number of aliphatic hydroxyl groups is 2. The largest absolute Gasteiger partial charge is 0.394 e. The van der Waals surface area contributed by atoms with E-state index >= 15 is 0 Å². The number of aromatic nitrogens is 4. The lowest BCUT2D eigenvalue weighted by Gasteiger charge is -2.22. The summed E-state index contributed by atoms with van der Waals surface area (Å²) in [5.41, 5.74) is 9.43. The maximum absolute atomic E-state index is 12.7. The fourth-order valence-electron chi connectivity index (χ4n) is 4.24. The Morgan fingerprint density at radius 1 is 1.26 bits per heavy atom. The maximum atomic E-state index is 12.7. The fourth-order valence-corrected chi connectivity index (χ4v) is 4.24. The van der Waals surface area contributed by atoms with Crippen LogP contribution in [-0.2, 0) is 16.0 Å². The van der Waals surface area contributed by atoms with Crippen molar-refractivity contribution < 1.29 is 19.7 Å². The van der Waals surface area contributed by atoms with Gasteiger partial charge in [0.15, 0.2) is 23.2 Å². The molecule has 5 N–H and O–H groups in total. The monoisotopic (exact) mass is 469 g/mol. The number of hydrogen-bond donors (Lipinski definition) is 4. The van der Waals surface area contributed by atoms with E-state index < -0.39 is 24.5 Å². The van der Waals surface area contributed by atoms with Gasteiger partial charge in [0.05, 0.1) is 19.0 Å². The van der Waals surface area contributed by atoms with E-state index in [1.54, 1.807) is 4.57 Å². The highest BCUT2D eigenvalue weighted by Gasteiger charge is 2.45. The summed E-state index contributed by atoms with van der Waals surface area (Å²) in [6, 6.07) is 6.80. The molecule has 0 bridgehead atoms. The number of fused-ring (bicyclic) bond motifs is 1. The van der Waals surface area contributed by atoms with E-state index in [2.05, 4.69) is 20.3 Å². The number of aryl methyl sites for hydroxylation is 1. The average molecular weight is 470 g/mol. The Labute approximate surface area is 197 Å². The molecule has 1 amide bonds. The lowest BCUT2D eigenvalue weighted by molar-refractivity contribution is -0.123. The molecule has 182 valence electrons. The average Bonchev–Trinajstić information content (AvgIpc) is 3.36. The molecule has 11 heteroatoms. The van der Waals surface area contributed by atoms with E-state index in [9.17, 15) is 15.0 Å². The van der Waals surface area contributed by atoms with Crippen molar-refractivity contribution in [1.29, 1.82) is 0 Å². The number of carbonyl (C=O) groups is 1. The van der Waals surface area contributed by atoms with Gasteiger partial charge in [0.1, 0.15) is 18.5 Å². The number of nitrogens with zero attached hydrogens (tertiary/aromatic N) is 5. The molecular formula is C23H31N7O4. The first kappa shape index (κ1) is 24.0. The Hall–Kier alpha value is -3.12. The van der Waals surface area contributed by atoms with Crippen LogP contribution in [-0.4, -0.2) is 80.6 Å². The van der Waals surface area contributed by atoms with E-state index in [1.807, 2.05) is 50.2 Å². The van der Waals surface area contributed by atoms with Gasteiger partial charge in [-0.05, 0) is 18.9 Å². The Balaban J connectivity index is 1.45. The van der Waals surface area contributed by atoms with Crippen molar-refractivity contribution in [3.63, 3.8) is 0 Å². The zero-order valence-corrected chi connectivity index (χ0v) is 19.5. The van der Waals surface area contributed by atoms with Crippen LogP contribution in [0.25, 0.3) is 11.2 Å². The SMILES string of the molecule is Cc1ccc(C[C@H](N)CC(=O)N[C@H]2[C@@H](O)[C@H](n3cnc4c(N(C)C)ncnc43)O[C@@H]2CO)cc1. The van der Waals surface area contributed by atoms with Crippen LogP contribution in [0.5, 0.6) is 0 Å². The molecule has 5 atom stereocenters. The second kappa shape index (κ2) is 10.0.